The largest absolute Gasteiger partial charge is 0.294 e. The topological polar surface area (TPSA) is 3.24 Å². The van der Waals surface area contributed by atoms with Crippen LogP contribution in [-0.4, -0.2) is 18.5 Å². The van der Waals surface area contributed by atoms with Gasteiger partial charge in [0, 0.05) is 7.05 Å². The third-order valence-corrected chi connectivity index (χ3v) is 0.526. The molecular formula is C6H10N. The zero-order chi connectivity index (χ0) is 5.70. The van der Waals surface area contributed by atoms with Crippen molar-refractivity contribution >= 4 is 0 Å². The molecule has 0 bridgehead atoms. The van der Waals surface area contributed by atoms with Gasteiger partial charge in [-0.25, -0.2) is 0 Å². The van der Waals surface area contributed by atoms with Crippen molar-refractivity contribution in [2.45, 2.75) is 6.92 Å². The van der Waals surface area contributed by atoms with E-state index in [0.29, 0.717) is 0 Å². The van der Waals surface area contributed by atoms with Crippen LogP contribution in [0.1, 0.15) is 6.92 Å². The molecular weight excluding hydrogens is 86.1 g/mol. The molecule has 0 aliphatic carbocycles. The third-order valence-electron chi connectivity index (χ3n) is 0.526. The van der Waals surface area contributed by atoms with Crippen LogP contribution in [0.25, 0.3) is 0 Å². The molecule has 0 fully saturated rings. The summed E-state index contributed by atoms with van der Waals surface area (Å²) < 4.78 is 0. The molecule has 0 aliphatic rings. The molecule has 39 valence electrons. The normalized spacial score (nSPS) is 8.00. The lowest BCUT2D eigenvalue weighted by molar-refractivity contribution is 0.511. The Kier molecular flexibility index (Phi) is 3.45. The van der Waals surface area contributed by atoms with Crippen molar-refractivity contribution in [3.63, 3.8) is 0 Å². The minimum atomic E-state index is 0.760. The smallest absolute Gasteiger partial charge is 0.0599 e. The molecule has 0 saturated heterocycles. The number of rotatable bonds is 1. The van der Waals surface area contributed by atoms with Gasteiger partial charge in [-0.15, -0.1) is 5.92 Å². The predicted molar refractivity (Wildman–Crippen MR) is 31.4 cm³/mol. The van der Waals surface area contributed by atoms with Crippen LogP contribution in [0.2, 0.25) is 0 Å². The molecule has 0 aliphatic heterocycles. The van der Waals surface area contributed by atoms with Crippen molar-refractivity contribution in [2.75, 3.05) is 13.6 Å². The maximum absolute atomic E-state index is 3.61. The zero-order valence-electron chi connectivity index (χ0n) is 4.86. The van der Waals surface area contributed by atoms with Crippen molar-refractivity contribution < 1.29 is 0 Å². The molecule has 0 aromatic carbocycles. The van der Waals surface area contributed by atoms with Gasteiger partial charge in [0.2, 0.25) is 0 Å². The zero-order valence-corrected chi connectivity index (χ0v) is 4.86. The first kappa shape index (κ1) is 6.52. The molecule has 0 saturated carbocycles. The Morgan fingerprint density at radius 3 is 2.43 bits per heavy atom. The average molecular weight is 96.2 g/mol. The van der Waals surface area contributed by atoms with Crippen molar-refractivity contribution in [3.8, 4) is 11.8 Å². The Morgan fingerprint density at radius 2 is 2.29 bits per heavy atom. The minimum absolute atomic E-state index is 0.760. The van der Waals surface area contributed by atoms with Gasteiger partial charge in [0.05, 0.1) is 6.54 Å². The van der Waals surface area contributed by atoms with E-state index in [1.165, 1.54) is 0 Å². The fourth-order valence-corrected chi connectivity index (χ4v) is 0.214. The summed E-state index contributed by atoms with van der Waals surface area (Å²) in [5, 5.41) is 0. The van der Waals surface area contributed by atoms with Crippen molar-refractivity contribution in [1.29, 1.82) is 0 Å². The van der Waals surface area contributed by atoms with Crippen molar-refractivity contribution in [3.05, 3.63) is 7.05 Å². The quantitative estimate of drug-likeness (QED) is 0.435. The Hall–Kier alpha value is -0.480. The summed E-state index contributed by atoms with van der Waals surface area (Å²) in [6.45, 7) is 2.58. The molecule has 0 aromatic rings. The second-order valence-electron chi connectivity index (χ2n) is 1.44. The lowest BCUT2D eigenvalue weighted by Gasteiger charge is -1.99. The standard InChI is InChI=1S/C6H10N/c1-4-5-6-7(2)3/h2,6H2,1,3H3. The molecule has 1 nitrogen and oxygen atoms in total. The second-order valence-corrected chi connectivity index (χ2v) is 1.44. The maximum Gasteiger partial charge on any atom is 0.0599 e. The highest BCUT2D eigenvalue weighted by Crippen LogP contribution is 1.69. The summed E-state index contributed by atoms with van der Waals surface area (Å²) in [6.07, 6.45) is 0. The maximum atomic E-state index is 3.61. The summed E-state index contributed by atoms with van der Waals surface area (Å²) in [6, 6.07) is 0. The molecule has 0 atom stereocenters. The van der Waals surface area contributed by atoms with Gasteiger partial charge in [0.25, 0.3) is 0 Å². The van der Waals surface area contributed by atoms with E-state index in [0.717, 1.165) is 6.54 Å². The lowest BCUT2D eigenvalue weighted by Crippen LogP contribution is -2.07. The summed E-state index contributed by atoms with van der Waals surface area (Å²) in [7, 11) is 5.50. The van der Waals surface area contributed by atoms with Crippen LogP contribution < -0.4 is 0 Å². The SMILES string of the molecule is [CH2]N(C)CC#CC. The molecule has 0 unspecified atom stereocenters. The van der Waals surface area contributed by atoms with Gasteiger partial charge >= 0.3 is 0 Å². The first-order valence-electron chi connectivity index (χ1n) is 2.18. The van der Waals surface area contributed by atoms with Gasteiger partial charge in [0.1, 0.15) is 0 Å². The van der Waals surface area contributed by atoms with E-state index < -0.39 is 0 Å². The van der Waals surface area contributed by atoms with Crippen molar-refractivity contribution in [1.82, 2.24) is 4.90 Å². The number of hydrogen-bond acceptors (Lipinski definition) is 1. The van der Waals surface area contributed by atoms with Crippen LogP contribution >= 0.6 is 0 Å². The van der Waals surface area contributed by atoms with E-state index in [1.807, 2.05) is 14.0 Å². The van der Waals surface area contributed by atoms with Crippen LogP contribution in [-0.2, 0) is 0 Å². The fraction of sp³-hybridized carbons (Fsp3) is 0.500. The van der Waals surface area contributed by atoms with Crippen LogP contribution in [0.3, 0.4) is 0 Å². The Bertz CT molecular complexity index is 84.1. The highest BCUT2D eigenvalue weighted by atomic mass is 15.0. The van der Waals surface area contributed by atoms with Crippen LogP contribution in [0.4, 0.5) is 0 Å². The number of nitrogens with zero attached hydrogens (tertiary/aromatic N) is 1. The molecule has 1 radical (unpaired) electrons. The molecule has 0 heterocycles. The van der Waals surface area contributed by atoms with E-state index in [4.69, 9.17) is 0 Å². The minimum Gasteiger partial charge on any atom is -0.294 e. The molecule has 0 spiro atoms. The van der Waals surface area contributed by atoms with Crippen LogP contribution in [0.5, 0.6) is 0 Å². The Balaban J connectivity index is 3.08. The van der Waals surface area contributed by atoms with E-state index in [1.54, 1.807) is 4.90 Å². The van der Waals surface area contributed by atoms with Crippen molar-refractivity contribution in [2.24, 2.45) is 0 Å². The predicted octanol–water partition coefficient (Wildman–Crippen LogP) is 0.733. The number of hydrogen-bond donors (Lipinski definition) is 0. The first-order valence-corrected chi connectivity index (χ1v) is 2.18. The first-order chi connectivity index (χ1) is 3.27. The van der Waals surface area contributed by atoms with Gasteiger partial charge in [-0.05, 0) is 14.0 Å². The summed E-state index contributed by atoms with van der Waals surface area (Å²) >= 11 is 0. The van der Waals surface area contributed by atoms with Gasteiger partial charge in [-0.2, -0.15) is 0 Å². The summed E-state index contributed by atoms with van der Waals surface area (Å²) in [4.78, 5) is 1.79. The highest BCUT2D eigenvalue weighted by molar-refractivity contribution is 4.97. The molecule has 1 heteroatoms. The van der Waals surface area contributed by atoms with E-state index in [-0.39, 0.29) is 0 Å². The summed E-state index contributed by atoms with van der Waals surface area (Å²) in [5.41, 5.74) is 0. The van der Waals surface area contributed by atoms with Gasteiger partial charge in [-0.1, -0.05) is 5.92 Å². The second kappa shape index (κ2) is 3.70. The Morgan fingerprint density at radius 1 is 1.71 bits per heavy atom. The highest BCUT2D eigenvalue weighted by Gasteiger charge is 1.77. The fourth-order valence-electron chi connectivity index (χ4n) is 0.214. The molecule has 7 heavy (non-hydrogen) atoms. The summed E-state index contributed by atoms with van der Waals surface area (Å²) in [5.74, 6) is 5.63. The van der Waals surface area contributed by atoms with Crippen LogP contribution in [0, 0.1) is 18.9 Å². The molecule has 0 aromatic heterocycles. The molecule has 0 amide bonds. The van der Waals surface area contributed by atoms with Gasteiger partial charge in [-0.3, -0.25) is 4.90 Å². The van der Waals surface area contributed by atoms with E-state index in [9.17, 15) is 0 Å². The van der Waals surface area contributed by atoms with Gasteiger partial charge < -0.3 is 0 Å². The Labute approximate surface area is 45.3 Å². The third kappa shape index (κ3) is 5.52. The molecule has 0 rings (SSSR count). The van der Waals surface area contributed by atoms with E-state index >= 15 is 0 Å². The van der Waals surface area contributed by atoms with E-state index in [2.05, 4.69) is 18.9 Å². The monoisotopic (exact) mass is 96.1 g/mol. The van der Waals surface area contributed by atoms with Gasteiger partial charge in [0.15, 0.2) is 0 Å². The molecule has 0 N–H and O–H groups in total. The van der Waals surface area contributed by atoms with Crippen LogP contribution in [0.15, 0.2) is 0 Å². The lowest BCUT2D eigenvalue weighted by atomic mass is 10.6. The average Bonchev–Trinajstić information content (AvgIpc) is 1.61.